The predicted octanol–water partition coefficient (Wildman–Crippen LogP) is 2.27. The van der Waals surface area contributed by atoms with Crippen molar-refractivity contribution in [2.45, 2.75) is 31.8 Å². The number of nitrogens with zero attached hydrogens (tertiary/aromatic N) is 1. The van der Waals surface area contributed by atoms with E-state index in [4.69, 9.17) is 5.73 Å². The smallest absolute Gasteiger partial charge is 0.146 e. The molecule has 1 aromatic carbocycles. The van der Waals surface area contributed by atoms with Gasteiger partial charge in [0.15, 0.2) is 0 Å². The molecule has 3 heteroatoms. The maximum atomic E-state index is 13.7. The molecule has 0 aromatic heterocycles. The van der Waals surface area contributed by atoms with E-state index in [1.54, 1.807) is 6.07 Å². The Labute approximate surface area is 89.9 Å². The summed E-state index contributed by atoms with van der Waals surface area (Å²) < 4.78 is 13.7. The van der Waals surface area contributed by atoms with Gasteiger partial charge in [-0.1, -0.05) is 12.1 Å². The second-order valence-corrected chi connectivity index (χ2v) is 4.15. The van der Waals surface area contributed by atoms with Crippen LogP contribution in [0.4, 0.5) is 10.1 Å². The molecule has 0 atom stereocenters. The topological polar surface area (TPSA) is 29.3 Å². The fourth-order valence-electron chi connectivity index (χ4n) is 2.08. The Hall–Kier alpha value is -1.09. The summed E-state index contributed by atoms with van der Waals surface area (Å²) in [6.45, 7) is 0.393. The van der Waals surface area contributed by atoms with E-state index in [1.165, 1.54) is 12.5 Å². The first kappa shape index (κ1) is 10.4. The molecule has 15 heavy (non-hydrogen) atoms. The Balaban J connectivity index is 2.31. The fraction of sp³-hybridized carbons (Fsp3) is 0.500. The van der Waals surface area contributed by atoms with E-state index in [-0.39, 0.29) is 5.82 Å². The van der Waals surface area contributed by atoms with Crippen LogP contribution < -0.4 is 10.6 Å². The van der Waals surface area contributed by atoms with E-state index in [9.17, 15) is 4.39 Å². The predicted molar refractivity (Wildman–Crippen MR) is 60.3 cm³/mol. The highest BCUT2D eigenvalue weighted by Gasteiger charge is 2.25. The number of benzene rings is 1. The van der Waals surface area contributed by atoms with E-state index in [2.05, 4.69) is 0 Å². The Morgan fingerprint density at radius 1 is 1.47 bits per heavy atom. The van der Waals surface area contributed by atoms with Gasteiger partial charge in [-0.15, -0.1) is 0 Å². The van der Waals surface area contributed by atoms with Gasteiger partial charge in [0.2, 0.25) is 0 Å². The number of para-hydroxylation sites is 1. The molecule has 0 amide bonds. The summed E-state index contributed by atoms with van der Waals surface area (Å²) in [4.78, 5) is 2.04. The standard InChI is InChI=1S/C12H17FN2/c1-15(10-5-3-6-10)12-9(8-14)4-2-7-11(12)13/h2,4,7,10H,3,5-6,8,14H2,1H3. The molecule has 1 fully saturated rings. The minimum atomic E-state index is -0.160. The van der Waals surface area contributed by atoms with Crippen molar-refractivity contribution < 1.29 is 4.39 Å². The number of hydrogen-bond acceptors (Lipinski definition) is 2. The van der Waals surface area contributed by atoms with Gasteiger partial charge >= 0.3 is 0 Å². The lowest BCUT2D eigenvalue weighted by atomic mass is 9.91. The molecule has 0 bridgehead atoms. The van der Waals surface area contributed by atoms with Crippen LogP contribution in [0.15, 0.2) is 18.2 Å². The third-order valence-electron chi connectivity index (χ3n) is 3.27. The Morgan fingerprint density at radius 3 is 2.73 bits per heavy atom. The lowest BCUT2D eigenvalue weighted by Crippen LogP contribution is -2.38. The molecule has 0 aliphatic heterocycles. The van der Waals surface area contributed by atoms with E-state index in [0.717, 1.165) is 18.4 Å². The fourth-order valence-corrected chi connectivity index (χ4v) is 2.08. The molecule has 1 saturated carbocycles. The van der Waals surface area contributed by atoms with Crippen LogP contribution in [0.1, 0.15) is 24.8 Å². The quantitative estimate of drug-likeness (QED) is 0.825. The number of hydrogen-bond donors (Lipinski definition) is 1. The first-order valence-electron chi connectivity index (χ1n) is 5.44. The summed E-state index contributed by atoms with van der Waals surface area (Å²) in [5.41, 5.74) is 7.20. The van der Waals surface area contributed by atoms with Crippen LogP contribution in [-0.2, 0) is 6.54 Å². The minimum absolute atomic E-state index is 0.160. The summed E-state index contributed by atoms with van der Waals surface area (Å²) in [6, 6.07) is 5.61. The van der Waals surface area contributed by atoms with Crippen LogP contribution >= 0.6 is 0 Å². The molecule has 1 aliphatic carbocycles. The second-order valence-electron chi connectivity index (χ2n) is 4.15. The number of anilines is 1. The Morgan fingerprint density at radius 2 is 2.20 bits per heavy atom. The van der Waals surface area contributed by atoms with Crippen molar-refractivity contribution in [3.8, 4) is 0 Å². The molecule has 1 aliphatic rings. The van der Waals surface area contributed by atoms with E-state index in [0.29, 0.717) is 18.3 Å². The van der Waals surface area contributed by atoms with Crippen molar-refractivity contribution in [2.75, 3.05) is 11.9 Å². The maximum absolute atomic E-state index is 13.7. The summed E-state index contributed by atoms with van der Waals surface area (Å²) >= 11 is 0. The van der Waals surface area contributed by atoms with Gasteiger partial charge in [0, 0.05) is 19.6 Å². The highest BCUT2D eigenvalue weighted by molar-refractivity contribution is 5.55. The molecule has 2 rings (SSSR count). The number of rotatable bonds is 3. The van der Waals surface area contributed by atoms with Crippen molar-refractivity contribution in [3.63, 3.8) is 0 Å². The minimum Gasteiger partial charge on any atom is -0.369 e. The van der Waals surface area contributed by atoms with E-state index in [1.807, 2.05) is 18.0 Å². The van der Waals surface area contributed by atoms with Crippen molar-refractivity contribution in [2.24, 2.45) is 5.73 Å². The van der Waals surface area contributed by atoms with Gasteiger partial charge in [0.25, 0.3) is 0 Å². The molecule has 0 saturated heterocycles. The molecule has 0 spiro atoms. The van der Waals surface area contributed by atoms with Gasteiger partial charge in [-0.2, -0.15) is 0 Å². The normalized spacial score (nSPS) is 16.2. The average Bonchev–Trinajstić information content (AvgIpc) is 2.14. The van der Waals surface area contributed by atoms with Gasteiger partial charge in [0.05, 0.1) is 5.69 Å². The van der Waals surface area contributed by atoms with Gasteiger partial charge in [0.1, 0.15) is 5.82 Å². The zero-order valence-electron chi connectivity index (χ0n) is 9.04. The summed E-state index contributed by atoms with van der Waals surface area (Å²) in [5.74, 6) is -0.160. The molecular formula is C12H17FN2. The monoisotopic (exact) mass is 208 g/mol. The first-order chi connectivity index (χ1) is 7.24. The molecule has 0 radical (unpaired) electrons. The van der Waals surface area contributed by atoms with Gasteiger partial charge in [-0.05, 0) is 30.9 Å². The summed E-state index contributed by atoms with van der Waals surface area (Å²) in [5, 5.41) is 0. The molecule has 0 unspecified atom stereocenters. The molecule has 2 nitrogen and oxygen atoms in total. The summed E-state index contributed by atoms with van der Waals surface area (Å²) in [6.07, 6.45) is 3.57. The maximum Gasteiger partial charge on any atom is 0.146 e. The third kappa shape index (κ3) is 1.84. The SMILES string of the molecule is CN(c1c(F)cccc1CN)C1CCC1. The zero-order valence-corrected chi connectivity index (χ0v) is 9.04. The van der Waals surface area contributed by atoms with Crippen LogP contribution in [0, 0.1) is 5.82 Å². The Kier molecular flexibility index (Phi) is 2.91. The molecule has 0 heterocycles. The van der Waals surface area contributed by atoms with Gasteiger partial charge in [-0.3, -0.25) is 0 Å². The van der Waals surface area contributed by atoms with Crippen LogP contribution in [0.3, 0.4) is 0 Å². The van der Waals surface area contributed by atoms with E-state index < -0.39 is 0 Å². The second kappa shape index (κ2) is 4.19. The van der Waals surface area contributed by atoms with Crippen LogP contribution in [0.25, 0.3) is 0 Å². The Bertz CT molecular complexity index is 347. The lowest BCUT2D eigenvalue weighted by molar-refractivity contribution is 0.397. The third-order valence-corrected chi connectivity index (χ3v) is 3.27. The highest BCUT2D eigenvalue weighted by atomic mass is 19.1. The van der Waals surface area contributed by atoms with Crippen LogP contribution in [0.2, 0.25) is 0 Å². The van der Waals surface area contributed by atoms with Crippen molar-refractivity contribution in [3.05, 3.63) is 29.6 Å². The first-order valence-corrected chi connectivity index (χ1v) is 5.44. The molecule has 82 valence electrons. The lowest BCUT2D eigenvalue weighted by Gasteiger charge is -2.37. The van der Waals surface area contributed by atoms with Crippen LogP contribution in [-0.4, -0.2) is 13.1 Å². The van der Waals surface area contributed by atoms with Crippen LogP contribution in [0.5, 0.6) is 0 Å². The van der Waals surface area contributed by atoms with Crippen molar-refractivity contribution in [1.82, 2.24) is 0 Å². The van der Waals surface area contributed by atoms with Gasteiger partial charge in [-0.25, -0.2) is 4.39 Å². The molecule has 1 aromatic rings. The van der Waals surface area contributed by atoms with Crippen molar-refractivity contribution >= 4 is 5.69 Å². The van der Waals surface area contributed by atoms with Crippen molar-refractivity contribution in [1.29, 1.82) is 0 Å². The largest absolute Gasteiger partial charge is 0.369 e. The summed E-state index contributed by atoms with van der Waals surface area (Å²) in [7, 11) is 1.96. The average molecular weight is 208 g/mol. The zero-order chi connectivity index (χ0) is 10.8. The number of nitrogens with two attached hydrogens (primary N) is 1. The highest BCUT2D eigenvalue weighted by Crippen LogP contribution is 2.31. The van der Waals surface area contributed by atoms with E-state index >= 15 is 0 Å². The van der Waals surface area contributed by atoms with Gasteiger partial charge < -0.3 is 10.6 Å². The molecule has 2 N–H and O–H groups in total. The number of halogens is 1. The molecular weight excluding hydrogens is 191 g/mol.